The smallest absolute Gasteiger partial charge is 0.407 e. The monoisotopic (exact) mass is 557 g/mol. The van der Waals surface area contributed by atoms with Gasteiger partial charge in [-0.05, 0) is 62.5 Å². The fourth-order valence-electron chi connectivity index (χ4n) is 9.04. The van der Waals surface area contributed by atoms with Crippen LogP contribution in [-0.2, 0) is 23.8 Å². The molecule has 0 aromatic heterocycles. The third-order valence-electron chi connectivity index (χ3n) is 10.9. The Morgan fingerprint density at radius 1 is 1.18 bits per heavy atom. The third-order valence-corrected chi connectivity index (χ3v) is 10.9. The van der Waals surface area contributed by atoms with Gasteiger partial charge in [0.25, 0.3) is 0 Å². The van der Waals surface area contributed by atoms with Crippen LogP contribution in [0.5, 0.6) is 0 Å². The van der Waals surface area contributed by atoms with Crippen LogP contribution in [0.2, 0.25) is 0 Å². The van der Waals surface area contributed by atoms with E-state index in [-0.39, 0.29) is 35.9 Å². The van der Waals surface area contributed by atoms with Crippen LogP contribution >= 0.6 is 0 Å². The van der Waals surface area contributed by atoms with E-state index in [2.05, 4.69) is 33.0 Å². The average molecular weight is 558 g/mol. The molecular formula is C32H47NO7. The van der Waals surface area contributed by atoms with Crippen LogP contribution in [0.1, 0.15) is 91.9 Å². The summed E-state index contributed by atoms with van der Waals surface area (Å²) in [6.07, 6.45) is 11.5. The van der Waals surface area contributed by atoms with Crippen molar-refractivity contribution in [3.8, 4) is 0 Å². The molecule has 4 aliphatic carbocycles. The number of amides is 1. The second-order valence-corrected chi connectivity index (χ2v) is 13.1. The number of ketones is 2. The molecule has 3 saturated carbocycles. The molecule has 8 nitrogen and oxygen atoms in total. The van der Waals surface area contributed by atoms with E-state index in [4.69, 9.17) is 14.2 Å². The number of ether oxygens (including phenoxy) is 3. The molecule has 3 unspecified atom stereocenters. The molecule has 4 fully saturated rings. The van der Waals surface area contributed by atoms with Crippen molar-refractivity contribution in [2.45, 2.75) is 116 Å². The summed E-state index contributed by atoms with van der Waals surface area (Å²) in [5.41, 5.74) is -1.25. The lowest BCUT2D eigenvalue weighted by Crippen LogP contribution is -2.63. The fourth-order valence-corrected chi connectivity index (χ4v) is 9.04. The molecule has 0 bridgehead atoms. The summed E-state index contributed by atoms with van der Waals surface area (Å²) in [6.45, 7) is 8.54. The molecule has 5 aliphatic rings. The molecular weight excluding hydrogens is 510 g/mol. The van der Waals surface area contributed by atoms with Crippen LogP contribution in [-0.4, -0.2) is 60.0 Å². The molecule has 0 aromatic carbocycles. The van der Waals surface area contributed by atoms with Crippen molar-refractivity contribution < 1.29 is 33.7 Å². The predicted molar refractivity (Wildman–Crippen MR) is 149 cm³/mol. The molecule has 9 atom stereocenters. The lowest BCUT2D eigenvalue weighted by molar-refractivity contribution is -0.200. The van der Waals surface area contributed by atoms with Crippen LogP contribution in [0.25, 0.3) is 0 Å². The Balaban J connectivity index is 1.37. The van der Waals surface area contributed by atoms with Crippen molar-refractivity contribution in [2.75, 3.05) is 13.2 Å². The molecule has 1 aliphatic heterocycles. The summed E-state index contributed by atoms with van der Waals surface area (Å²) in [4.78, 5) is 38.7. The fraction of sp³-hybridized carbons (Fsp3) is 0.781. The van der Waals surface area contributed by atoms with Crippen LogP contribution < -0.4 is 5.32 Å². The van der Waals surface area contributed by atoms with Gasteiger partial charge in [0.1, 0.15) is 0 Å². The van der Waals surface area contributed by atoms with E-state index in [1.807, 2.05) is 6.08 Å². The number of Topliss-reactive ketones (excluding diaryl/α,β-unsaturated/α-hetero) is 1. The number of carbonyl (C=O) groups is 3. The number of allylic oxidation sites excluding steroid dienone is 4. The molecule has 0 spiro atoms. The number of carbonyl (C=O) groups excluding carboxylic acids is 3. The second kappa shape index (κ2) is 11.3. The first-order chi connectivity index (χ1) is 19.1. The largest absolute Gasteiger partial charge is 0.441 e. The van der Waals surface area contributed by atoms with E-state index < -0.39 is 41.0 Å². The summed E-state index contributed by atoms with van der Waals surface area (Å²) in [5.74, 6) is -0.0853. The van der Waals surface area contributed by atoms with Crippen molar-refractivity contribution in [3.05, 3.63) is 23.8 Å². The van der Waals surface area contributed by atoms with Gasteiger partial charge >= 0.3 is 6.09 Å². The van der Waals surface area contributed by atoms with Crippen molar-refractivity contribution in [2.24, 2.45) is 28.6 Å². The average Bonchev–Trinajstić information content (AvgIpc) is 3.39. The molecule has 1 amide bonds. The number of unbranched alkanes of at least 4 members (excludes halogenated alkanes) is 3. The molecule has 8 heteroatoms. The topological polar surface area (TPSA) is 111 Å². The lowest BCUT2D eigenvalue weighted by atomic mass is 9.46. The van der Waals surface area contributed by atoms with Gasteiger partial charge in [-0.2, -0.15) is 0 Å². The number of aliphatic hydroxyl groups is 1. The van der Waals surface area contributed by atoms with Crippen LogP contribution in [0.15, 0.2) is 23.8 Å². The van der Waals surface area contributed by atoms with Gasteiger partial charge in [0.15, 0.2) is 24.3 Å². The first kappa shape index (κ1) is 29.5. The molecule has 1 heterocycles. The SMILES string of the molecule is CCCCCCNC(=O)OCC(=O)[C@@]12OC(CCC)O[C@@H]1CC1C3CCC4=CC(=O)C=C[C@]4(C)[C@H]3[C@@H](O)C[C@@]12C. The van der Waals surface area contributed by atoms with Crippen LogP contribution in [0.4, 0.5) is 4.79 Å². The second-order valence-electron chi connectivity index (χ2n) is 13.1. The summed E-state index contributed by atoms with van der Waals surface area (Å²) in [7, 11) is 0. The Morgan fingerprint density at radius 3 is 2.73 bits per heavy atom. The van der Waals surface area contributed by atoms with Crippen molar-refractivity contribution >= 4 is 17.7 Å². The van der Waals surface area contributed by atoms with Gasteiger partial charge in [-0.3, -0.25) is 9.59 Å². The summed E-state index contributed by atoms with van der Waals surface area (Å²) < 4.78 is 18.5. The molecule has 0 aromatic rings. The minimum absolute atomic E-state index is 0.00905. The highest BCUT2D eigenvalue weighted by molar-refractivity contribution is 6.01. The van der Waals surface area contributed by atoms with Crippen molar-refractivity contribution in [3.63, 3.8) is 0 Å². The van der Waals surface area contributed by atoms with E-state index in [9.17, 15) is 19.5 Å². The van der Waals surface area contributed by atoms with Crippen LogP contribution in [0, 0.1) is 28.6 Å². The molecule has 5 rings (SSSR count). The van der Waals surface area contributed by atoms with E-state index >= 15 is 0 Å². The highest BCUT2D eigenvalue weighted by Gasteiger charge is 2.75. The quantitative estimate of drug-likeness (QED) is 0.362. The van der Waals surface area contributed by atoms with Gasteiger partial charge in [0, 0.05) is 23.3 Å². The van der Waals surface area contributed by atoms with Gasteiger partial charge in [-0.15, -0.1) is 0 Å². The highest BCUT2D eigenvalue weighted by atomic mass is 16.7. The summed E-state index contributed by atoms with van der Waals surface area (Å²) in [5, 5.41) is 14.6. The minimum Gasteiger partial charge on any atom is -0.441 e. The number of hydrogen-bond acceptors (Lipinski definition) is 7. The van der Waals surface area contributed by atoms with E-state index in [1.165, 1.54) is 0 Å². The normalized spacial score (nSPS) is 41.4. The van der Waals surface area contributed by atoms with Gasteiger partial charge < -0.3 is 24.6 Å². The predicted octanol–water partition coefficient (Wildman–Crippen LogP) is 5.03. The number of alkyl carbamates (subject to hydrolysis) is 1. The summed E-state index contributed by atoms with van der Waals surface area (Å²) in [6, 6.07) is 0. The maximum atomic E-state index is 14.1. The number of nitrogens with one attached hydrogen (secondary N) is 1. The number of fused-ring (bicyclic) bond motifs is 7. The zero-order chi connectivity index (χ0) is 28.7. The standard InChI is InChI=1S/C32H47NO7/c1-5-7-8-9-15-33-29(37)38-19-25(36)32-26(39-27(40-32)10-6-2)17-23-22-12-11-20-16-21(34)13-14-30(20,3)28(22)24(35)18-31(23,32)4/h13-14,16,22-24,26-28,35H,5-12,15,17-19H2,1-4H3,(H,33,37)/t22?,23?,24-,26+,27?,28+,30-,31-,32+/m0/s1. The van der Waals surface area contributed by atoms with Crippen LogP contribution in [0.3, 0.4) is 0 Å². The Morgan fingerprint density at radius 2 is 1.98 bits per heavy atom. The van der Waals surface area contributed by atoms with Gasteiger partial charge in [-0.25, -0.2) is 4.79 Å². The third kappa shape index (κ3) is 4.68. The lowest BCUT2D eigenvalue weighted by Gasteiger charge is -2.59. The molecule has 0 radical (unpaired) electrons. The Kier molecular flexibility index (Phi) is 8.35. The molecule has 222 valence electrons. The number of aliphatic hydroxyl groups excluding tert-OH is 1. The van der Waals surface area contributed by atoms with Crippen molar-refractivity contribution in [1.82, 2.24) is 5.32 Å². The highest BCUT2D eigenvalue weighted by Crippen LogP contribution is 2.69. The number of rotatable bonds is 10. The molecule has 40 heavy (non-hydrogen) atoms. The zero-order valence-electron chi connectivity index (χ0n) is 24.6. The maximum Gasteiger partial charge on any atom is 0.407 e. The molecule has 1 saturated heterocycles. The minimum atomic E-state index is -1.28. The Hall–Kier alpha value is -2.03. The maximum absolute atomic E-state index is 14.1. The Bertz CT molecular complexity index is 1070. The molecule has 2 N–H and O–H groups in total. The van der Waals surface area contributed by atoms with Gasteiger partial charge in [-0.1, -0.05) is 65.0 Å². The number of hydrogen-bond donors (Lipinski definition) is 2. The van der Waals surface area contributed by atoms with Gasteiger partial charge in [0.05, 0.1) is 12.2 Å². The first-order valence-corrected chi connectivity index (χ1v) is 15.5. The van der Waals surface area contributed by atoms with E-state index in [0.29, 0.717) is 25.8 Å². The van der Waals surface area contributed by atoms with E-state index in [1.54, 1.807) is 12.2 Å². The van der Waals surface area contributed by atoms with Crippen molar-refractivity contribution in [1.29, 1.82) is 0 Å². The zero-order valence-corrected chi connectivity index (χ0v) is 24.6. The van der Waals surface area contributed by atoms with E-state index in [0.717, 1.165) is 50.5 Å². The van der Waals surface area contributed by atoms with Gasteiger partial charge in [0.2, 0.25) is 5.78 Å². The Labute approximate surface area is 238 Å². The summed E-state index contributed by atoms with van der Waals surface area (Å²) >= 11 is 0. The first-order valence-electron chi connectivity index (χ1n) is 15.5.